The van der Waals surface area contributed by atoms with Crippen LogP contribution < -0.4 is 24.9 Å². The van der Waals surface area contributed by atoms with E-state index in [1.54, 1.807) is 17.6 Å². The maximum absolute atomic E-state index is 13.7. The summed E-state index contributed by atoms with van der Waals surface area (Å²) in [4.78, 5) is 44.3. The number of hydrogen-bond donors (Lipinski definition) is 1. The highest BCUT2D eigenvalue weighted by atomic mass is 32.1. The number of hydrogen-bond acceptors (Lipinski definition) is 6. The Bertz CT molecular complexity index is 1500. The minimum Gasteiger partial charge on any atom is -0.465 e. The van der Waals surface area contributed by atoms with Crippen LogP contribution in [0.5, 0.6) is 5.75 Å². The minimum absolute atomic E-state index is 0.104. The molecule has 3 aliphatic heterocycles. The van der Waals surface area contributed by atoms with Crippen LogP contribution >= 0.6 is 11.3 Å². The van der Waals surface area contributed by atoms with Gasteiger partial charge in [-0.15, -0.1) is 0 Å². The van der Waals surface area contributed by atoms with Gasteiger partial charge in [-0.2, -0.15) is 0 Å². The first-order valence-corrected chi connectivity index (χ1v) is 10.8. The lowest BCUT2D eigenvalue weighted by molar-refractivity contribution is -0.132. The molecule has 0 saturated heterocycles. The summed E-state index contributed by atoms with van der Waals surface area (Å²) >= 11 is 1.16. The van der Waals surface area contributed by atoms with E-state index in [0.29, 0.717) is 31.9 Å². The van der Waals surface area contributed by atoms with Crippen LogP contribution in [-0.4, -0.2) is 22.0 Å². The van der Waals surface area contributed by atoms with Gasteiger partial charge in [0.05, 0.1) is 11.6 Å². The van der Waals surface area contributed by atoms with Crippen LogP contribution in [0.15, 0.2) is 58.3 Å². The van der Waals surface area contributed by atoms with Crippen LogP contribution in [0, 0.1) is 5.92 Å². The van der Waals surface area contributed by atoms with E-state index in [9.17, 15) is 14.4 Å². The molecule has 4 heterocycles. The molecule has 2 aromatic carbocycles. The van der Waals surface area contributed by atoms with Crippen molar-refractivity contribution >= 4 is 34.3 Å². The van der Waals surface area contributed by atoms with Crippen LogP contribution in [-0.2, 0) is 9.59 Å². The molecular formula is C23H17N3O4S. The fraction of sp³-hybridized carbons (Fsp3) is 0.217. The quantitative estimate of drug-likeness (QED) is 0.634. The van der Waals surface area contributed by atoms with Crippen molar-refractivity contribution in [2.75, 3.05) is 5.32 Å². The number of nitrogens with zero attached hydrogens (tertiary/aromatic N) is 2. The molecule has 31 heavy (non-hydrogen) atoms. The van der Waals surface area contributed by atoms with Crippen molar-refractivity contribution < 1.29 is 14.3 Å². The van der Waals surface area contributed by atoms with E-state index in [1.165, 1.54) is 6.92 Å². The third kappa shape index (κ3) is 2.33. The van der Waals surface area contributed by atoms with E-state index < -0.39 is 17.7 Å². The Morgan fingerprint density at radius 1 is 1.16 bits per heavy atom. The average Bonchev–Trinajstić information content (AvgIpc) is 3.21. The minimum atomic E-state index is -1.13. The van der Waals surface area contributed by atoms with E-state index in [4.69, 9.17) is 9.73 Å². The van der Waals surface area contributed by atoms with Gasteiger partial charge in [0.1, 0.15) is 22.0 Å². The smallest absolute Gasteiger partial charge is 0.271 e. The summed E-state index contributed by atoms with van der Waals surface area (Å²) in [6.07, 6.45) is 0. The number of carbonyl (C=O) groups is 2. The number of carbonyl (C=O) groups excluding carboxylic acids is 2. The number of rotatable bonds is 1. The zero-order chi connectivity index (χ0) is 21.5. The third-order valence-electron chi connectivity index (χ3n) is 6.19. The SMILES string of the molecule is CC(=O)[C@@H]1[C@@H]2c3ccccc3O[C@]1(C)N=c1s/c(=C3\C(=O)Nc4ccccc43)c(=O)n12. The summed E-state index contributed by atoms with van der Waals surface area (Å²) in [6.45, 7) is 3.28. The molecule has 1 N–H and O–H groups in total. The molecule has 8 heteroatoms. The van der Waals surface area contributed by atoms with Gasteiger partial charge in [0, 0.05) is 16.8 Å². The van der Waals surface area contributed by atoms with Gasteiger partial charge < -0.3 is 10.1 Å². The average molecular weight is 431 g/mol. The van der Waals surface area contributed by atoms with Crippen molar-refractivity contribution in [1.29, 1.82) is 0 Å². The van der Waals surface area contributed by atoms with Crippen molar-refractivity contribution in [1.82, 2.24) is 4.57 Å². The molecule has 1 aromatic heterocycles. The van der Waals surface area contributed by atoms with Crippen molar-refractivity contribution in [2.24, 2.45) is 10.9 Å². The number of amides is 1. The third-order valence-corrected chi connectivity index (χ3v) is 7.25. The number of ether oxygens (including phenoxy) is 1. The van der Waals surface area contributed by atoms with Crippen molar-refractivity contribution in [3.05, 3.63) is 79.3 Å². The summed E-state index contributed by atoms with van der Waals surface area (Å²) < 4.78 is 8.07. The summed E-state index contributed by atoms with van der Waals surface area (Å²) in [5.74, 6) is -0.456. The molecule has 0 aliphatic carbocycles. The number of aromatic nitrogens is 1. The Hall–Kier alpha value is -3.52. The van der Waals surface area contributed by atoms with Crippen molar-refractivity contribution in [3.63, 3.8) is 0 Å². The molecule has 154 valence electrons. The van der Waals surface area contributed by atoms with E-state index in [1.807, 2.05) is 42.5 Å². The van der Waals surface area contributed by atoms with E-state index in [0.717, 1.165) is 16.9 Å². The standard InChI is InChI=1S/C23H17N3O4S/c1-11(27)17-18-13-8-4-6-10-15(13)30-23(17,2)25-22-26(18)21(29)19(31-22)16-12-7-3-5-9-14(12)24-20(16)28/h3-10,17-18H,1-2H3,(H,24,28)/b19-16-/t17-,18+,23+/m1/s1. The number of anilines is 1. The Morgan fingerprint density at radius 2 is 1.90 bits per heavy atom. The van der Waals surface area contributed by atoms with Crippen LogP contribution in [0.25, 0.3) is 5.57 Å². The molecule has 0 saturated carbocycles. The zero-order valence-corrected chi connectivity index (χ0v) is 17.5. The topological polar surface area (TPSA) is 89.8 Å². The highest BCUT2D eigenvalue weighted by Crippen LogP contribution is 2.47. The van der Waals surface area contributed by atoms with Gasteiger partial charge in [-0.3, -0.25) is 19.0 Å². The molecule has 0 unspecified atom stereocenters. The molecule has 0 fully saturated rings. The van der Waals surface area contributed by atoms with Gasteiger partial charge in [0.2, 0.25) is 5.72 Å². The fourth-order valence-corrected chi connectivity index (χ4v) is 6.14. The predicted octanol–water partition coefficient (Wildman–Crippen LogP) is 1.60. The number of fused-ring (bicyclic) bond motifs is 7. The first-order valence-electron chi connectivity index (χ1n) is 9.94. The molecule has 0 spiro atoms. The second-order valence-corrected chi connectivity index (χ2v) is 9.08. The number of ketones is 1. The molecule has 2 bridgehead atoms. The summed E-state index contributed by atoms with van der Waals surface area (Å²) in [7, 11) is 0. The number of nitrogens with one attached hydrogen (secondary N) is 1. The Balaban J connectivity index is 1.73. The monoisotopic (exact) mass is 431 g/mol. The maximum Gasteiger partial charge on any atom is 0.271 e. The molecule has 3 aromatic rings. The Labute approximate surface area is 180 Å². The second kappa shape index (κ2) is 6.01. The predicted molar refractivity (Wildman–Crippen MR) is 115 cm³/mol. The van der Waals surface area contributed by atoms with Gasteiger partial charge in [0.25, 0.3) is 11.5 Å². The summed E-state index contributed by atoms with van der Waals surface area (Å²) in [5.41, 5.74) is 1.04. The number of para-hydroxylation sites is 2. The lowest BCUT2D eigenvalue weighted by Gasteiger charge is -2.45. The molecule has 6 rings (SSSR count). The van der Waals surface area contributed by atoms with E-state index in [2.05, 4.69) is 5.32 Å². The van der Waals surface area contributed by atoms with Crippen LogP contribution in [0.1, 0.15) is 31.0 Å². The molecule has 3 atom stereocenters. The molecule has 0 radical (unpaired) electrons. The van der Waals surface area contributed by atoms with Crippen molar-refractivity contribution in [3.8, 4) is 5.75 Å². The highest BCUT2D eigenvalue weighted by molar-refractivity contribution is 7.07. The fourth-order valence-electron chi connectivity index (χ4n) is 4.95. The first-order chi connectivity index (χ1) is 14.9. The molecular weight excluding hydrogens is 414 g/mol. The van der Waals surface area contributed by atoms with Gasteiger partial charge in [-0.1, -0.05) is 47.7 Å². The lowest BCUT2D eigenvalue weighted by atomic mass is 9.79. The molecule has 3 aliphatic rings. The van der Waals surface area contributed by atoms with Gasteiger partial charge in [-0.25, -0.2) is 4.99 Å². The summed E-state index contributed by atoms with van der Waals surface area (Å²) in [5, 5.41) is 2.82. The summed E-state index contributed by atoms with van der Waals surface area (Å²) in [6, 6.07) is 14.2. The van der Waals surface area contributed by atoms with E-state index >= 15 is 0 Å². The second-order valence-electron chi connectivity index (χ2n) is 8.10. The molecule has 7 nitrogen and oxygen atoms in total. The van der Waals surface area contributed by atoms with Gasteiger partial charge >= 0.3 is 0 Å². The maximum atomic E-state index is 13.7. The van der Waals surface area contributed by atoms with Gasteiger partial charge in [0.15, 0.2) is 4.80 Å². The van der Waals surface area contributed by atoms with Crippen LogP contribution in [0.2, 0.25) is 0 Å². The van der Waals surface area contributed by atoms with Crippen molar-refractivity contribution in [2.45, 2.75) is 25.6 Å². The number of benzene rings is 2. The number of Topliss-reactive ketones (excluding diaryl/α,β-unsaturated/α-hetero) is 1. The largest absolute Gasteiger partial charge is 0.465 e. The Kier molecular flexibility index (Phi) is 3.54. The normalized spacial score (nSPS) is 26.7. The zero-order valence-electron chi connectivity index (χ0n) is 16.7. The first kappa shape index (κ1) is 18.3. The van der Waals surface area contributed by atoms with Gasteiger partial charge in [-0.05, 0) is 26.0 Å². The number of thiazole rings is 1. The Morgan fingerprint density at radius 3 is 2.71 bits per heavy atom. The van der Waals surface area contributed by atoms with Crippen LogP contribution in [0.3, 0.4) is 0 Å². The van der Waals surface area contributed by atoms with Crippen LogP contribution in [0.4, 0.5) is 5.69 Å². The van der Waals surface area contributed by atoms with E-state index in [-0.39, 0.29) is 17.2 Å². The highest BCUT2D eigenvalue weighted by Gasteiger charge is 2.53. The lowest BCUT2D eigenvalue weighted by Crippen LogP contribution is -2.58. The molecule has 1 amide bonds.